The number of rotatable bonds is 2. The average Bonchev–Trinajstić information content (AvgIpc) is 2.93. The van der Waals surface area contributed by atoms with Crippen LogP contribution in [0.2, 0.25) is 0 Å². The van der Waals surface area contributed by atoms with Crippen LogP contribution in [0, 0.1) is 0 Å². The van der Waals surface area contributed by atoms with Crippen molar-refractivity contribution in [1.29, 1.82) is 0 Å². The Morgan fingerprint density at radius 3 is 2.94 bits per heavy atom. The van der Waals surface area contributed by atoms with Crippen molar-refractivity contribution >= 4 is 27.3 Å². The summed E-state index contributed by atoms with van der Waals surface area (Å²) in [5, 5.41) is 5.70. The van der Waals surface area contributed by atoms with Crippen molar-refractivity contribution in [3.63, 3.8) is 0 Å². The molecule has 0 aliphatic carbocycles. The van der Waals surface area contributed by atoms with Gasteiger partial charge in [-0.25, -0.2) is 4.98 Å². The number of nitrogens with zero attached hydrogens (tertiary/aromatic N) is 1. The maximum Gasteiger partial charge on any atom is 0.0794 e. The van der Waals surface area contributed by atoms with E-state index in [2.05, 4.69) is 55.9 Å². The van der Waals surface area contributed by atoms with Gasteiger partial charge in [-0.2, -0.15) is 0 Å². The molecule has 0 bridgehead atoms. The van der Waals surface area contributed by atoms with Crippen molar-refractivity contribution in [2.45, 2.75) is 18.3 Å². The SMILES string of the molecule is Brc1ccccc1C1CNCCC1c1cscn1. The highest BCUT2D eigenvalue weighted by atomic mass is 79.9. The Hall–Kier alpha value is -0.710. The summed E-state index contributed by atoms with van der Waals surface area (Å²) in [4.78, 5) is 4.52. The monoisotopic (exact) mass is 322 g/mol. The van der Waals surface area contributed by atoms with Gasteiger partial charge < -0.3 is 5.32 Å². The number of piperidine rings is 1. The summed E-state index contributed by atoms with van der Waals surface area (Å²) in [5.74, 6) is 1.05. The van der Waals surface area contributed by atoms with Crippen LogP contribution in [0.1, 0.15) is 29.5 Å². The number of halogens is 1. The predicted octanol–water partition coefficient (Wildman–Crippen LogP) is 3.77. The van der Waals surface area contributed by atoms with Crippen LogP contribution < -0.4 is 5.32 Å². The molecule has 1 N–H and O–H groups in total. The standard InChI is InChI=1S/C14H15BrN2S/c15-13-4-2-1-3-10(13)12-7-16-6-5-11(12)14-8-18-9-17-14/h1-4,8-9,11-12,16H,5-7H2. The molecule has 2 nitrogen and oxygen atoms in total. The van der Waals surface area contributed by atoms with Crippen LogP contribution in [0.4, 0.5) is 0 Å². The lowest BCUT2D eigenvalue weighted by Crippen LogP contribution is -2.34. The molecule has 94 valence electrons. The van der Waals surface area contributed by atoms with E-state index in [1.165, 1.54) is 15.7 Å². The molecule has 2 heterocycles. The number of hydrogen-bond acceptors (Lipinski definition) is 3. The van der Waals surface area contributed by atoms with Crippen LogP contribution in [0.3, 0.4) is 0 Å². The summed E-state index contributed by atoms with van der Waals surface area (Å²) in [6.45, 7) is 2.12. The van der Waals surface area contributed by atoms with E-state index in [4.69, 9.17) is 0 Å². The molecule has 1 saturated heterocycles. The molecule has 1 aromatic heterocycles. The minimum absolute atomic E-state index is 0.511. The fourth-order valence-electron chi connectivity index (χ4n) is 2.72. The molecule has 0 saturated carbocycles. The van der Waals surface area contributed by atoms with Crippen molar-refractivity contribution < 1.29 is 0 Å². The second-order valence-corrected chi connectivity index (χ2v) is 6.21. The van der Waals surface area contributed by atoms with Gasteiger partial charge in [-0.3, -0.25) is 0 Å². The summed E-state index contributed by atoms with van der Waals surface area (Å²) in [5.41, 5.74) is 4.58. The summed E-state index contributed by atoms with van der Waals surface area (Å²) in [7, 11) is 0. The third-order valence-electron chi connectivity index (χ3n) is 3.62. The molecule has 0 amide bonds. The van der Waals surface area contributed by atoms with Gasteiger partial charge in [0.1, 0.15) is 0 Å². The lowest BCUT2D eigenvalue weighted by Gasteiger charge is -2.32. The van der Waals surface area contributed by atoms with E-state index in [1.54, 1.807) is 11.3 Å². The van der Waals surface area contributed by atoms with Gasteiger partial charge in [0.25, 0.3) is 0 Å². The van der Waals surface area contributed by atoms with Crippen LogP contribution in [0.15, 0.2) is 39.6 Å². The van der Waals surface area contributed by atoms with Gasteiger partial charge in [0.05, 0.1) is 11.2 Å². The van der Waals surface area contributed by atoms with E-state index >= 15 is 0 Å². The molecule has 3 rings (SSSR count). The van der Waals surface area contributed by atoms with Crippen LogP contribution >= 0.6 is 27.3 Å². The number of nitrogens with one attached hydrogen (secondary N) is 1. The minimum atomic E-state index is 0.511. The van der Waals surface area contributed by atoms with Gasteiger partial charge in [0, 0.05) is 28.2 Å². The molecule has 18 heavy (non-hydrogen) atoms. The zero-order valence-corrected chi connectivity index (χ0v) is 12.4. The Kier molecular flexibility index (Phi) is 3.77. The maximum atomic E-state index is 4.52. The van der Waals surface area contributed by atoms with Gasteiger partial charge in [0.2, 0.25) is 0 Å². The molecular weight excluding hydrogens is 308 g/mol. The van der Waals surface area contributed by atoms with E-state index in [0.29, 0.717) is 11.8 Å². The quantitative estimate of drug-likeness (QED) is 0.910. The second kappa shape index (κ2) is 5.51. The molecule has 1 aliphatic rings. The van der Waals surface area contributed by atoms with E-state index in [1.807, 2.05) is 5.51 Å². The largest absolute Gasteiger partial charge is 0.316 e. The molecule has 2 aromatic rings. The molecule has 2 atom stereocenters. The molecule has 2 unspecified atom stereocenters. The highest BCUT2D eigenvalue weighted by Gasteiger charge is 2.29. The number of aromatic nitrogens is 1. The number of benzene rings is 1. The van der Waals surface area contributed by atoms with Crippen molar-refractivity contribution in [1.82, 2.24) is 10.3 Å². The fraction of sp³-hybridized carbons (Fsp3) is 0.357. The summed E-state index contributed by atoms with van der Waals surface area (Å²) in [6.07, 6.45) is 1.16. The minimum Gasteiger partial charge on any atom is -0.316 e. The zero-order chi connectivity index (χ0) is 12.4. The van der Waals surface area contributed by atoms with Crippen LogP contribution in [0.5, 0.6) is 0 Å². The van der Waals surface area contributed by atoms with Gasteiger partial charge in [-0.15, -0.1) is 11.3 Å². The number of thiazole rings is 1. The average molecular weight is 323 g/mol. The molecule has 1 aromatic carbocycles. The highest BCUT2D eigenvalue weighted by molar-refractivity contribution is 9.10. The van der Waals surface area contributed by atoms with Crippen LogP contribution in [0.25, 0.3) is 0 Å². The lowest BCUT2D eigenvalue weighted by atomic mass is 9.80. The Balaban J connectivity index is 1.95. The normalized spacial score (nSPS) is 24.1. The van der Waals surface area contributed by atoms with E-state index in [9.17, 15) is 0 Å². The molecule has 0 radical (unpaired) electrons. The predicted molar refractivity (Wildman–Crippen MR) is 79.2 cm³/mol. The molecular formula is C14H15BrN2S. The smallest absolute Gasteiger partial charge is 0.0794 e. The zero-order valence-electron chi connectivity index (χ0n) is 9.97. The third-order valence-corrected chi connectivity index (χ3v) is 4.94. The van der Waals surface area contributed by atoms with E-state index < -0.39 is 0 Å². The van der Waals surface area contributed by atoms with Gasteiger partial charge >= 0.3 is 0 Å². The second-order valence-electron chi connectivity index (χ2n) is 4.64. The highest BCUT2D eigenvalue weighted by Crippen LogP contribution is 2.39. The topological polar surface area (TPSA) is 24.9 Å². The maximum absolute atomic E-state index is 4.52. The number of hydrogen-bond donors (Lipinski definition) is 1. The first-order valence-electron chi connectivity index (χ1n) is 6.19. The Morgan fingerprint density at radius 1 is 1.28 bits per heavy atom. The molecule has 1 fully saturated rings. The van der Waals surface area contributed by atoms with Crippen LogP contribution in [-0.2, 0) is 0 Å². The lowest BCUT2D eigenvalue weighted by molar-refractivity contribution is 0.398. The van der Waals surface area contributed by atoms with Crippen molar-refractivity contribution in [3.05, 3.63) is 50.9 Å². The summed E-state index contributed by atoms with van der Waals surface area (Å²) < 4.78 is 1.21. The van der Waals surface area contributed by atoms with Crippen molar-refractivity contribution in [3.8, 4) is 0 Å². The first kappa shape index (κ1) is 12.3. The first-order chi connectivity index (χ1) is 8.86. The summed E-state index contributed by atoms with van der Waals surface area (Å²) in [6, 6.07) is 8.54. The Bertz CT molecular complexity index is 512. The molecule has 4 heteroatoms. The van der Waals surface area contributed by atoms with Crippen molar-refractivity contribution in [2.24, 2.45) is 0 Å². The first-order valence-corrected chi connectivity index (χ1v) is 7.93. The Morgan fingerprint density at radius 2 is 2.17 bits per heavy atom. The van der Waals surface area contributed by atoms with Gasteiger partial charge in [0.15, 0.2) is 0 Å². The van der Waals surface area contributed by atoms with E-state index in [0.717, 1.165) is 19.5 Å². The van der Waals surface area contributed by atoms with Crippen molar-refractivity contribution in [2.75, 3.05) is 13.1 Å². The molecule has 0 spiro atoms. The van der Waals surface area contributed by atoms with Gasteiger partial charge in [-0.1, -0.05) is 34.1 Å². The van der Waals surface area contributed by atoms with Gasteiger partial charge in [-0.05, 0) is 24.6 Å². The third kappa shape index (κ3) is 2.37. The Labute approximate surface area is 120 Å². The van der Waals surface area contributed by atoms with Crippen LogP contribution in [-0.4, -0.2) is 18.1 Å². The fourth-order valence-corrected chi connectivity index (χ4v) is 3.92. The van der Waals surface area contributed by atoms with E-state index in [-0.39, 0.29) is 0 Å². The summed E-state index contributed by atoms with van der Waals surface area (Å²) >= 11 is 5.37. The molecule has 1 aliphatic heterocycles.